The number of nitrogens with one attached hydrogen (secondary N) is 2. The van der Waals surface area contributed by atoms with Gasteiger partial charge in [0.25, 0.3) is 5.91 Å². The average molecular weight is 315 g/mol. The Hall–Kier alpha value is -1.30. The van der Waals surface area contributed by atoms with E-state index in [9.17, 15) is 4.79 Å². The molecule has 1 unspecified atom stereocenters. The van der Waals surface area contributed by atoms with E-state index in [2.05, 4.69) is 10.6 Å². The van der Waals surface area contributed by atoms with Gasteiger partial charge in [-0.05, 0) is 43.7 Å². The zero-order valence-corrected chi connectivity index (χ0v) is 13.1. The maximum Gasteiger partial charge on any atom is 0.251 e. The van der Waals surface area contributed by atoms with Crippen LogP contribution in [0, 0.1) is 0 Å². The Morgan fingerprint density at radius 3 is 2.71 bits per heavy atom. The number of amides is 1. The van der Waals surface area contributed by atoms with Gasteiger partial charge >= 0.3 is 0 Å². The molecular weight excluding hydrogens is 292 g/mol. The van der Waals surface area contributed by atoms with Gasteiger partial charge in [0.15, 0.2) is 0 Å². The molecule has 0 aliphatic carbocycles. The van der Waals surface area contributed by atoms with E-state index in [0.29, 0.717) is 18.8 Å². The van der Waals surface area contributed by atoms with Gasteiger partial charge in [-0.3, -0.25) is 4.79 Å². The van der Waals surface area contributed by atoms with Crippen LogP contribution in [0.5, 0.6) is 5.75 Å². The summed E-state index contributed by atoms with van der Waals surface area (Å²) < 4.78 is 10.4. The van der Waals surface area contributed by atoms with Crippen molar-refractivity contribution in [3.05, 3.63) is 29.8 Å². The number of carbonyl (C=O) groups excluding carboxylic acids is 1. The fraction of sp³-hybridized carbons (Fsp3) is 0.533. The molecule has 1 amide bonds. The fourth-order valence-corrected chi connectivity index (χ4v) is 2.19. The molecule has 1 aliphatic rings. The van der Waals surface area contributed by atoms with Crippen molar-refractivity contribution in [1.29, 1.82) is 0 Å². The Balaban J connectivity index is 0.00000220. The molecule has 1 aromatic rings. The summed E-state index contributed by atoms with van der Waals surface area (Å²) in [6.45, 7) is 2.95. The van der Waals surface area contributed by atoms with Crippen molar-refractivity contribution in [2.45, 2.75) is 18.9 Å². The van der Waals surface area contributed by atoms with Gasteiger partial charge in [0.2, 0.25) is 0 Å². The van der Waals surface area contributed by atoms with E-state index in [0.717, 1.165) is 31.7 Å². The third kappa shape index (κ3) is 5.91. The molecule has 0 spiro atoms. The van der Waals surface area contributed by atoms with Gasteiger partial charge in [0.1, 0.15) is 12.4 Å². The van der Waals surface area contributed by atoms with Gasteiger partial charge in [0.05, 0.1) is 6.61 Å². The van der Waals surface area contributed by atoms with Crippen LogP contribution < -0.4 is 15.4 Å². The highest BCUT2D eigenvalue weighted by atomic mass is 35.5. The molecule has 1 heterocycles. The standard InChI is InChI=1S/C15H22N2O3.ClH/c1-19-9-10-20-14-6-4-12(5-7-14)15(18)17-13-3-2-8-16-11-13;/h4-7,13,16H,2-3,8-11H2,1H3,(H,17,18);1H. The van der Waals surface area contributed by atoms with Crippen LogP contribution in [0.3, 0.4) is 0 Å². The van der Waals surface area contributed by atoms with Crippen LogP contribution in [0.1, 0.15) is 23.2 Å². The number of piperidine rings is 1. The predicted octanol–water partition coefficient (Wildman–Crippen LogP) is 1.62. The minimum absolute atomic E-state index is 0. The number of hydrogen-bond donors (Lipinski definition) is 2. The molecule has 0 saturated carbocycles. The molecule has 1 saturated heterocycles. The summed E-state index contributed by atoms with van der Waals surface area (Å²) in [6.07, 6.45) is 2.15. The quantitative estimate of drug-likeness (QED) is 0.783. The van der Waals surface area contributed by atoms with Gasteiger partial charge in [0, 0.05) is 25.3 Å². The highest BCUT2D eigenvalue weighted by Crippen LogP contribution is 2.12. The first kappa shape index (κ1) is 17.8. The SMILES string of the molecule is COCCOc1ccc(C(=O)NC2CCCNC2)cc1.Cl. The van der Waals surface area contributed by atoms with Crippen LogP contribution in [-0.2, 0) is 4.74 Å². The topological polar surface area (TPSA) is 59.6 Å². The van der Waals surface area contributed by atoms with E-state index in [1.54, 1.807) is 19.2 Å². The zero-order chi connectivity index (χ0) is 14.2. The Kier molecular flexibility index (Phi) is 8.12. The summed E-state index contributed by atoms with van der Waals surface area (Å²) in [6, 6.07) is 7.42. The van der Waals surface area contributed by atoms with E-state index in [1.807, 2.05) is 12.1 Å². The first-order valence-corrected chi connectivity index (χ1v) is 7.03. The van der Waals surface area contributed by atoms with E-state index in [4.69, 9.17) is 9.47 Å². The maximum absolute atomic E-state index is 12.1. The number of methoxy groups -OCH3 is 1. The van der Waals surface area contributed by atoms with Crippen molar-refractivity contribution in [2.75, 3.05) is 33.4 Å². The van der Waals surface area contributed by atoms with Crippen LogP contribution in [0.25, 0.3) is 0 Å². The molecule has 21 heavy (non-hydrogen) atoms. The summed E-state index contributed by atoms with van der Waals surface area (Å²) in [4.78, 5) is 12.1. The highest BCUT2D eigenvalue weighted by Gasteiger charge is 2.16. The lowest BCUT2D eigenvalue weighted by molar-refractivity contribution is 0.0930. The number of carbonyl (C=O) groups is 1. The molecule has 2 N–H and O–H groups in total. The minimum Gasteiger partial charge on any atom is -0.491 e. The molecule has 2 rings (SSSR count). The lowest BCUT2D eigenvalue weighted by Gasteiger charge is -2.23. The smallest absolute Gasteiger partial charge is 0.251 e. The Morgan fingerprint density at radius 2 is 2.10 bits per heavy atom. The third-order valence-corrected chi connectivity index (χ3v) is 3.30. The molecule has 1 aromatic carbocycles. The molecule has 0 bridgehead atoms. The average Bonchev–Trinajstić information content (AvgIpc) is 2.49. The van der Waals surface area contributed by atoms with Gasteiger partial charge in [-0.15, -0.1) is 12.4 Å². The molecule has 1 atom stereocenters. The van der Waals surface area contributed by atoms with Crippen molar-refractivity contribution < 1.29 is 14.3 Å². The Labute approximate surface area is 131 Å². The van der Waals surface area contributed by atoms with E-state index < -0.39 is 0 Å². The summed E-state index contributed by atoms with van der Waals surface area (Å²) in [5.41, 5.74) is 0.662. The van der Waals surface area contributed by atoms with Gasteiger partial charge < -0.3 is 20.1 Å². The van der Waals surface area contributed by atoms with Crippen molar-refractivity contribution >= 4 is 18.3 Å². The van der Waals surface area contributed by atoms with Crippen molar-refractivity contribution in [2.24, 2.45) is 0 Å². The van der Waals surface area contributed by atoms with Gasteiger partial charge in [-0.2, -0.15) is 0 Å². The van der Waals surface area contributed by atoms with Gasteiger partial charge in [-0.1, -0.05) is 0 Å². The van der Waals surface area contributed by atoms with Crippen LogP contribution in [-0.4, -0.2) is 45.4 Å². The number of rotatable bonds is 6. The third-order valence-electron chi connectivity index (χ3n) is 3.30. The molecule has 0 aromatic heterocycles. The van der Waals surface area contributed by atoms with Crippen molar-refractivity contribution in [3.63, 3.8) is 0 Å². The molecule has 1 fully saturated rings. The molecule has 5 nitrogen and oxygen atoms in total. The molecule has 1 aliphatic heterocycles. The number of ether oxygens (including phenoxy) is 2. The molecule has 0 radical (unpaired) electrons. The summed E-state index contributed by atoms with van der Waals surface area (Å²) in [7, 11) is 1.64. The van der Waals surface area contributed by atoms with E-state index in [1.165, 1.54) is 0 Å². The second-order valence-electron chi connectivity index (χ2n) is 4.88. The first-order chi connectivity index (χ1) is 9.79. The van der Waals surface area contributed by atoms with Crippen LogP contribution in [0.15, 0.2) is 24.3 Å². The Bertz CT molecular complexity index is 419. The van der Waals surface area contributed by atoms with Crippen LogP contribution in [0.4, 0.5) is 0 Å². The van der Waals surface area contributed by atoms with Crippen molar-refractivity contribution in [1.82, 2.24) is 10.6 Å². The van der Waals surface area contributed by atoms with Gasteiger partial charge in [-0.25, -0.2) is 0 Å². The largest absolute Gasteiger partial charge is 0.491 e. The second kappa shape index (κ2) is 9.60. The number of hydrogen-bond acceptors (Lipinski definition) is 4. The summed E-state index contributed by atoms with van der Waals surface area (Å²) in [5.74, 6) is 0.722. The lowest BCUT2D eigenvalue weighted by Crippen LogP contribution is -2.45. The molecule has 118 valence electrons. The van der Waals surface area contributed by atoms with Crippen LogP contribution in [0.2, 0.25) is 0 Å². The minimum atomic E-state index is -0.0258. The van der Waals surface area contributed by atoms with E-state index in [-0.39, 0.29) is 24.4 Å². The lowest BCUT2D eigenvalue weighted by atomic mass is 10.1. The number of halogens is 1. The summed E-state index contributed by atoms with van der Waals surface area (Å²) in [5, 5.41) is 6.33. The molecular formula is C15H23ClN2O3. The predicted molar refractivity (Wildman–Crippen MR) is 84.4 cm³/mol. The second-order valence-corrected chi connectivity index (χ2v) is 4.88. The van der Waals surface area contributed by atoms with Crippen molar-refractivity contribution in [3.8, 4) is 5.75 Å². The first-order valence-electron chi connectivity index (χ1n) is 7.03. The fourth-order valence-electron chi connectivity index (χ4n) is 2.19. The number of benzene rings is 1. The molecule has 6 heteroatoms. The highest BCUT2D eigenvalue weighted by molar-refractivity contribution is 5.94. The van der Waals surface area contributed by atoms with E-state index >= 15 is 0 Å². The summed E-state index contributed by atoms with van der Waals surface area (Å²) >= 11 is 0. The Morgan fingerprint density at radius 1 is 1.33 bits per heavy atom. The van der Waals surface area contributed by atoms with Crippen LogP contribution >= 0.6 is 12.4 Å². The zero-order valence-electron chi connectivity index (χ0n) is 12.3. The normalized spacial score (nSPS) is 17.7. The maximum atomic E-state index is 12.1. The monoisotopic (exact) mass is 314 g/mol.